The van der Waals surface area contributed by atoms with Crippen molar-refractivity contribution in [2.45, 2.75) is 26.9 Å². The number of aryl methyl sites for hydroxylation is 1. The van der Waals surface area contributed by atoms with E-state index in [9.17, 15) is 0 Å². The second kappa shape index (κ2) is 7.11. The molecule has 0 spiro atoms. The van der Waals surface area contributed by atoms with Gasteiger partial charge in [0.25, 0.3) is 0 Å². The van der Waals surface area contributed by atoms with Crippen LogP contribution in [0, 0.1) is 6.92 Å². The molecule has 0 unspecified atom stereocenters. The first-order valence-electron chi connectivity index (χ1n) is 7.27. The van der Waals surface area contributed by atoms with E-state index in [-0.39, 0.29) is 0 Å². The van der Waals surface area contributed by atoms with Gasteiger partial charge in [0.15, 0.2) is 0 Å². The van der Waals surface area contributed by atoms with E-state index in [0.717, 1.165) is 19.6 Å². The third kappa shape index (κ3) is 3.84. The fraction of sp³-hybridized carbons (Fsp3) is 0.333. The molecule has 0 aliphatic heterocycles. The molecule has 20 heavy (non-hydrogen) atoms. The fourth-order valence-corrected chi connectivity index (χ4v) is 2.47. The fourth-order valence-electron chi connectivity index (χ4n) is 2.47. The monoisotopic (exact) mass is 268 g/mol. The summed E-state index contributed by atoms with van der Waals surface area (Å²) in [6.07, 6.45) is 0. The van der Waals surface area contributed by atoms with Gasteiger partial charge in [0.05, 0.1) is 0 Å². The summed E-state index contributed by atoms with van der Waals surface area (Å²) in [4.78, 5) is 2.41. The van der Waals surface area contributed by atoms with Crippen molar-refractivity contribution in [3.8, 4) is 0 Å². The Morgan fingerprint density at radius 3 is 2.45 bits per heavy atom. The third-order valence-corrected chi connectivity index (χ3v) is 3.49. The summed E-state index contributed by atoms with van der Waals surface area (Å²) in [6, 6.07) is 17.5. The minimum Gasteiger partial charge on any atom is -0.367 e. The van der Waals surface area contributed by atoms with Crippen LogP contribution in [0.4, 0.5) is 5.69 Å². The minimum absolute atomic E-state index is 0.921. The maximum atomic E-state index is 3.20. The quantitative estimate of drug-likeness (QED) is 0.858. The van der Waals surface area contributed by atoms with Crippen LogP contribution >= 0.6 is 0 Å². The van der Waals surface area contributed by atoms with Crippen LogP contribution in [0.1, 0.15) is 23.6 Å². The molecule has 0 heterocycles. The summed E-state index contributed by atoms with van der Waals surface area (Å²) < 4.78 is 0. The van der Waals surface area contributed by atoms with Crippen molar-refractivity contribution < 1.29 is 0 Å². The van der Waals surface area contributed by atoms with E-state index in [1.54, 1.807) is 0 Å². The first-order valence-corrected chi connectivity index (χ1v) is 7.27. The van der Waals surface area contributed by atoms with Crippen molar-refractivity contribution in [2.75, 3.05) is 18.5 Å². The van der Waals surface area contributed by atoms with Crippen LogP contribution in [0.15, 0.2) is 48.5 Å². The normalized spacial score (nSPS) is 10.6. The second-order valence-electron chi connectivity index (χ2n) is 5.20. The molecule has 0 fully saturated rings. The van der Waals surface area contributed by atoms with Crippen molar-refractivity contribution in [3.63, 3.8) is 0 Å². The lowest BCUT2D eigenvalue weighted by Gasteiger charge is -2.24. The van der Waals surface area contributed by atoms with E-state index in [0.29, 0.717) is 0 Å². The van der Waals surface area contributed by atoms with Crippen LogP contribution in [-0.4, -0.2) is 13.6 Å². The molecular formula is C18H24N2. The third-order valence-electron chi connectivity index (χ3n) is 3.49. The maximum absolute atomic E-state index is 3.20. The Labute approximate surface area is 122 Å². The molecule has 106 valence electrons. The standard InChI is InChI=1S/C18H24N2/c1-4-20(18-10-5-7-15(2)11-18)14-17-9-6-8-16(12-17)13-19-3/h5-12,19H,4,13-14H2,1-3H3. The molecule has 0 saturated carbocycles. The van der Waals surface area contributed by atoms with Gasteiger partial charge in [-0.3, -0.25) is 0 Å². The number of anilines is 1. The molecule has 0 saturated heterocycles. The largest absolute Gasteiger partial charge is 0.367 e. The van der Waals surface area contributed by atoms with Crippen LogP contribution in [-0.2, 0) is 13.1 Å². The molecule has 2 heteroatoms. The van der Waals surface area contributed by atoms with Gasteiger partial charge >= 0.3 is 0 Å². The molecule has 2 rings (SSSR count). The predicted octanol–water partition coefficient (Wildman–Crippen LogP) is 3.74. The molecule has 2 aromatic carbocycles. The van der Waals surface area contributed by atoms with E-state index >= 15 is 0 Å². The van der Waals surface area contributed by atoms with Gasteiger partial charge in [0.2, 0.25) is 0 Å². The van der Waals surface area contributed by atoms with E-state index in [1.807, 2.05) is 7.05 Å². The highest BCUT2D eigenvalue weighted by molar-refractivity contribution is 5.49. The Kier molecular flexibility index (Phi) is 5.19. The lowest BCUT2D eigenvalue weighted by Crippen LogP contribution is -2.22. The number of benzene rings is 2. The number of hydrogen-bond acceptors (Lipinski definition) is 2. The van der Waals surface area contributed by atoms with Crippen molar-refractivity contribution in [1.82, 2.24) is 5.32 Å². The molecule has 2 nitrogen and oxygen atoms in total. The molecule has 0 atom stereocenters. The summed E-state index contributed by atoms with van der Waals surface area (Å²) in [5.41, 5.74) is 5.31. The molecular weight excluding hydrogens is 244 g/mol. The Bertz CT molecular complexity index is 549. The highest BCUT2D eigenvalue weighted by Crippen LogP contribution is 2.19. The van der Waals surface area contributed by atoms with Crippen molar-refractivity contribution in [2.24, 2.45) is 0 Å². The first kappa shape index (κ1) is 14.6. The zero-order valence-corrected chi connectivity index (χ0v) is 12.7. The first-order chi connectivity index (χ1) is 9.72. The SMILES string of the molecule is CCN(Cc1cccc(CNC)c1)c1cccc(C)c1. The lowest BCUT2D eigenvalue weighted by atomic mass is 10.1. The van der Waals surface area contributed by atoms with Gasteiger partial charge in [-0.05, 0) is 49.7 Å². The maximum Gasteiger partial charge on any atom is 0.0429 e. The molecule has 0 aliphatic rings. The molecule has 0 aromatic heterocycles. The Morgan fingerprint density at radius 1 is 1.00 bits per heavy atom. The summed E-state index contributed by atoms with van der Waals surface area (Å²) in [5, 5.41) is 3.20. The summed E-state index contributed by atoms with van der Waals surface area (Å²) in [6.45, 7) is 7.24. The van der Waals surface area contributed by atoms with Crippen molar-refractivity contribution in [1.29, 1.82) is 0 Å². The zero-order valence-electron chi connectivity index (χ0n) is 12.7. The van der Waals surface area contributed by atoms with Crippen LogP contribution in [0.2, 0.25) is 0 Å². The van der Waals surface area contributed by atoms with Crippen molar-refractivity contribution >= 4 is 5.69 Å². The number of rotatable bonds is 6. The molecule has 0 radical (unpaired) electrons. The Hall–Kier alpha value is -1.80. The van der Waals surface area contributed by atoms with Gasteiger partial charge in [-0.1, -0.05) is 36.4 Å². The van der Waals surface area contributed by atoms with E-state index in [4.69, 9.17) is 0 Å². The summed E-state index contributed by atoms with van der Waals surface area (Å²) in [5.74, 6) is 0. The van der Waals surface area contributed by atoms with Crippen LogP contribution < -0.4 is 10.2 Å². The van der Waals surface area contributed by atoms with Crippen LogP contribution in [0.25, 0.3) is 0 Å². The van der Waals surface area contributed by atoms with Gasteiger partial charge in [-0.25, -0.2) is 0 Å². The van der Waals surface area contributed by atoms with Crippen LogP contribution in [0.3, 0.4) is 0 Å². The van der Waals surface area contributed by atoms with Gasteiger partial charge in [0.1, 0.15) is 0 Å². The predicted molar refractivity (Wildman–Crippen MR) is 87.1 cm³/mol. The van der Waals surface area contributed by atoms with Gasteiger partial charge < -0.3 is 10.2 Å². The van der Waals surface area contributed by atoms with E-state index < -0.39 is 0 Å². The number of nitrogens with one attached hydrogen (secondary N) is 1. The molecule has 0 amide bonds. The number of hydrogen-bond donors (Lipinski definition) is 1. The highest BCUT2D eigenvalue weighted by atomic mass is 15.1. The lowest BCUT2D eigenvalue weighted by molar-refractivity contribution is 0.805. The smallest absolute Gasteiger partial charge is 0.0429 e. The molecule has 2 aromatic rings. The average Bonchev–Trinajstić information content (AvgIpc) is 2.45. The molecule has 1 N–H and O–H groups in total. The summed E-state index contributed by atoms with van der Waals surface area (Å²) >= 11 is 0. The summed E-state index contributed by atoms with van der Waals surface area (Å²) in [7, 11) is 1.98. The topological polar surface area (TPSA) is 15.3 Å². The Balaban J connectivity index is 2.15. The second-order valence-corrected chi connectivity index (χ2v) is 5.20. The number of nitrogens with zero attached hydrogens (tertiary/aromatic N) is 1. The van der Waals surface area contributed by atoms with Crippen molar-refractivity contribution in [3.05, 3.63) is 65.2 Å². The van der Waals surface area contributed by atoms with Gasteiger partial charge in [0, 0.05) is 25.3 Å². The molecule has 0 bridgehead atoms. The van der Waals surface area contributed by atoms with Gasteiger partial charge in [-0.2, -0.15) is 0 Å². The zero-order chi connectivity index (χ0) is 14.4. The minimum atomic E-state index is 0.921. The van der Waals surface area contributed by atoms with E-state index in [1.165, 1.54) is 22.4 Å². The Morgan fingerprint density at radius 2 is 1.75 bits per heavy atom. The van der Waals surface area contributed by atoms with Crippen LogP contribution in [0.5, 0.6) is 0 Å². The average molecular weight is 268 g/mol. The van der Waals surface area contributed by atoms with E-state index in [2.05, 4.69) is 72.6 Å². The van der Waals surface area contributed by atoms with Gasteiger partial charge in [-0.15, -0.1) is 0 Å². The highest BCUT2D eigenvalue weighted by Gasteiger charge is 2.06. The molecule has 0 aliphatic carbocycles.